The molecule has 0 spiro atoms. The first-order valence-corrected chi connectivity index (χ1v) is 11.4. The fraction of sp³-hybridized carbons (Fsp3) is 0.182. The summed E-state index contributed by atoms with van der Waals surface area (Å²) >= 11 is 1.41. The molecule has 3 rings (SSSR count). The second-order valence-corrected chi connectivity index (χ2v) is 9.33. The Kier molecular flexibility index (Phi) is 6.44. The molecule has 0 aromatic heterocycles. The van der Waals surface area contributed by atoms with E-state index in [4.69, 9.17) is 0 Å². The molecule has 3 aromatic rings. The van der Waals surface area contributed by atoms with Gasteiger partial charge >= 0.3 is 0 Å². The van der Waals surface area contributed by atoms with Crippen LogP contribution in [0.2, 0.25) is 0 Å². The summed E-state index contributed by atoms with van der Waals surface area (Å²) in [5.41, 5.74) is 3.32. The maximum atomic E-state index is 12.8. The van der Waals surface area contributed by atoms with Crippen molar-refractivity contribution in [2.24, 2.45) is 0 Å². The number of nitrogens with one attached hydrogen (secondary N) is 1. The van der Waals surface area contributed by atoms with Gasteiger partial charge in [-0.2, -0.15) is 0 Å². The van der Waals surface area contributed by atoms with E-state index < -0.39 is 16.1 Å². The number of hydrogen-bond donors (Lipinski definition) is 2. The molecule has 3 aromatic carbocycles. The van der Waals surface area contributed by atoms with Crippen molar-refractivity contribution in [2.75, 3.05) is 10.5 Å². The Labute approximate surface area is 170 Å². The minimum Gasteiger partial charge on any atom is -0.388 e. The Balaban J connectivity index is 1.77. The topological polar surface area (TPSA) is 66.4 Å². The van der Waals surface area contributed by atoms with Crippen LogP contribution in [0.15, 0.2) is 82.6 Å². The van der Waals surface area contributed by atoms with Crippen molar-refractivity contribution in [1.29, 1.82) is 0 Å². The third-order valence-electron chi connectivity index (χ3n) is 4.50. The highest BCUT2D eigenvalue weighted by Crippen LogP contribution is 2.32. The van der Waals surface area contributed by atoms with E-state index >= 15 is 0 Å². The van der Waals surface area contributed by atoms with Gasteiger partial charge in [0.25, 0.3) is 10.0 Å². The zero-order valence-corrected chi connectivity index (χ0v) is 17.4. The summed E-state index contributed by atoms with van der Waals surface area (Å²) in [6.45, 7) is 3.84. The number of sulfonamides is 1. The van der Waals surface area contributed by atoms with Gasteiger partial charge in [-0.05, 0) is 54.8 Å². The maximum absolute atomic E-state index is 12.8. The predicted octanol–water partition coefficient (Wildman–Crippen LogP) is 4.93. The van der Waals surface area contributed by atoms with Gasteiger partial charge in [-0.25, -0.2) is 8.42 Å². The number of benzene rings is 3. The van der Waals surface area contributed by atoms with E-state index in [1.807, 2.05) is 56.3 Å². The normalized spacial score (nSPS) is 12.5. The van der Waals surface area contributed by atoms with Crippen LogP contribution in [0.5, 0.6) is 0 Å². The third-order valence-corrected chi connectivity index (χ3v) is 7.01. The molecule has 2 N–H and O–H groups in total. The molecule has 0 fully saturated rings. The largest absolute Gasteiger partial charge is 0.388 e. The van der Waals surface area contributed by atoms with Gasteiger partial charge in [0.1, 0.15) is 0 Å². The zero-order chi connectivity index (χ0) is 20.1. The first kappa shape index (κ1) is 20.5. The van der Waals surface area contributed by atoms with Gasteiger partial charge in [0.15, 0.2) is 0 Å². The van der Waals surface area contributed by atoms with E-state index in [0.717, 1.165) is 21.6 Å². The van der Waals surface area contributed by atoms with Gasteiger partial charge in [-0.1, -0.05) is 48.5 Å². The summed E-state index contributed by atoms with van der Waals surface area (Å²) in [6.07, 6.45) is -0.629. The minimum atomic E-state index is -3.69. The Morgan fingerprint density at radius 3 is 2.32 bits per heavy atom. The maximum Gasteiger partial charge on any atom is 0.261 e. The zero-order valence-electron chi connectivity index (χ0n) is 15.8. The first-order valence-electron chi connectivity index (χ1n) is 8.92. The number of rotatable bonds is 7. The van der Waals surface area contributed by atoms with Crippen molar-refractivity contribution in [3.63, 3.8) is 0 Å². The highest BCUT2D eigenvalue weighted by atomic mass is 32.2. The molecule has 0 aliphatic carbocycles. The number of aliphatic hydroxyl groups excluding tert-OH is 1. The van der Waals surface area contributed by atoms with Crippen LogP contribution < -0.4 is 4.72 Å². The van der Waals surface area contributed by atoms with Gasteiger partial charge in [-0.3, -0.25) is 4.72 Å². The first-order chi connectivity index (χ1) is 13.4. The molecule has 0 radical (unpaired) electrons. The minimum absolute atomic E-state index is 0.236. The number of hydrogen-bond acceptors (Lipinski definition) is 4. The van der Waals surface area contributed by atoms with E-state index in [2.05, 4.69) is 4.72 Å². The molecule has 0 saturated heterocycles. The van der Waals surface area contributed by atoms with E-state index in [-0.39, 0.29) is 4.90 Å². The lowest BCUT2D eigenvalue weighted by Gasteiger charge is -2.15. The fourth-order valence-corrected chi connectivity index (χ4v) is 4.91. The molecule has 4 nitrogen and oxygen atoms in total. The van der Waals surface area contributed by atoms with Crippen molar-refractivity contribution in [1.82, 2.24) is 0 Å². The van der Waals surface area contributed by atoms with Crippen molar-refractivity contribution >= 4 is 27.5 Å². The molecule has 146 valence electrons. The molecule has 0 bridgehead atoms. The van der Waals surface area contributed by atoms with E-state index in [1.54, 1.807) is 30.3 Å². The number of para-hydroxylation sites is 1. The summed E-state index contributed by atoms with van der Waals surface area (Å²) in [4.78, 5) is 1.00. The van der Waals surface area contributed by atoms with Crippen LogP contribution >= 0.6 is 11.8 Å². The SMILES string of the molecule is Cc1ccc(S(=O)(=O)Nc2ccccc2SCC(O)c2ccccc2)cc1C. The highest BCUT2D eigenvalue weighted by Gasteiger charge is 2.17. The number of anilines is 1. The molecule has 28 heavy (non-hydrogen) atoms. The lowest BCUT2D eigenvalue weighted by Crippen LogP contribution is -2.14. The molecule has 6 heteroatoms. The highest BCUT2D eigenvalue weighted by molar-refractivity contribution is 7.99. The monoisotopic (exact) mass is 413 g/mol. The summed E-state index contributed by atoms with van der Waals surface area (Å²) in [6, 6.07) is 21.7. The fourth-order valence-electron chi connectivity index (χ4n) is 2.70. The predicted molar refractivity (Wildman–Crippen MR) is 115 cm³/mol. The van der Waals surface area contributed by atoms with E-state index in [1.165, 1.54) is 11.8 Å². The molecular formula is C22H23NO3S2. The molecule has 0 aliphatic rings. The average Bonchev–Trinajstić information content (AvgIpc) is 2.69. The molecule has 0 heterocycles. The summed E-state index contributed by atoms with van der Waals surface area (Å²) in [5.74, 6) is 0.423. The van der Waals surface area contributed by atoms with Gasteiger partial charge < -0.3 is 5.11 Å². The Hall–Kier alpha value is -2.28. The van der Waals surface area contributed by atoms with Gasteiger partial charge in [0.05, 0.1) is 16.7 Å². The molecule has 1 atom stereocenters. The second-order valence-electron chi connectivity index (χ2n) is 6.59. The van der Waals surface area contributed by atoms with Gasteiger partial charge in [-0.15, -0.1) is 11.8 Å². The van der Waals surface area contributed by atoms with E-state index in [0.29, 0.717) is 11.4 Å². The number of thioether (sulfide) groups is 1. The second kappa shape index (κ2) is 8.82. The smallest absolute Gasteiger partial charge is 0.261 e. The van der Waals surface area contributed by atoms with Gasteiger partial charge in [0, 0.05) is 10.6 Å². The van der Waals surface area contributed by atoms with Crippen LogP contribution in [0, 0.1) is 13.8 Å². The molecule has 1 unspecified atom stereocenters. The number of aliphatic hydroxyl groups is 1. The lowest BCUT2D eigenvalue weighted by atomic mass is 10.1. The van der Waals surface area contributed by atoms with Crippen LogP contribution in [0.3, 0.4) is 0 Å². The van der Waals surface area contributed by atoms with Crippen molar-refractivity contribution in [2.45, 2.75) is 29.7 Å². The molecular weight excluding hydrogens is 390 g/mol. The van der Waals surface area contributed by atoms with Crippen molar-refractivity contribution in [3.8, 4) is 0 Å². The molecule has 0 amide bonds. The van der Waals surface area contributed by atoms with E-state index in [9.17, 15) is 13.5 Å². The van der Waals surface area contributed by atoms with Crippen LogP contribution in [-0.4, -0.2) is 19.3 Å². The van der Waals surface area contributed by atoms with Crippen molar-refractivity contribution < 1.29 is 13.5 Å². The van der Waals surface area contributed by atoms with Crippen molar-refractivity contribution in [3.05, 3.63) is 89.5 Å². The standard InChI is InChI=1S/C22H23NO3S2/c1-16-12-13-19(14-17(16)2)28(25,26)23-20-10-6-7-11-22(20)27-15-21(24)18-8-4-3-5-9-18/h3-14,21,23-24H,15H2,1-2H3. The quantitative estimate of drug-likeness (QED) is 0.539. The van der Waals surface area contributed by atoms with Crippen LogP contribution in [-0.2, 0) is 10.0 Å². The van der Waals surface area contributed by atoms with Crippen LogP contribution in [0.1, 0.15) is 22.8 Å². The molecule has 0 aliphatic heterocycles. The summed E-state index contributed by atoms with van der Waals surface area (Å²) < 4.78 is 28.3. The summed E-state index contributed by atoms with van der Waals surface area (Å²) in [7, 11) is -3.69. The Morgan fingerprint density at radius 1 is 0.929 bits per heavy atom. The van der Waals surface area contributed by atoms with Crippen LogP contribution in [0.25, 0.3) is 0 Å². The van der Waals surface area contributed by atoms with Gasteiger partial charge in [0.2, 0.25) is 0 Å². The Morgan fingerprint density at radius 2 is 1.61 bits per heavy atom. The molecule has 0 saturated carbocycles. The van der Waals surface area contributed by atoms with Crippen LogP contribution in [0.4, 0.5) is 5.69 Å². The lowest BCUT2D eigenvalue weighted by molar-refractivity contribution is 0.204. The summed E-state index contributed by atoms with van der Waals surface area (Å²) in [5, 5.41) is 10.4. The third kappa shape index (κ3) is 4.95. The number of aryl methyl sites for hydroxylation is 2. The Bertz CT molecular complexity index is 1050. The average molecular weight is 414 g/mol.